The van der Waals surface area contributed by atoms with E-state index in [0.717, 1.165) is 31.5 Å². The predicted octanol–water partition coefficient (Wildman–Crippen LogP) is 1.83. The average Bonchev–Trinajstić information content (AvgIpc) is 3.00. The van der Waals surface area contributed by atoms with E-state index in [1.165, 1.54) is 6.08 Å². The van der Waals surface area contributed by atoms with Crippen molar-refractivity contribution in [3.63, 3.8) is 0 Å². The third-order valence-electron chi connectivity index (χ3n) is 3.32. The summed E-state index contributed by atoms with van der Waals surface area (Å²) in [7, 11) is 0. The number of amides is 2. The van der Waals surface area contributed by atoms with Crippen molar-refractivity contribution in [2.24, 2.45) is 0 Å². The first-order valence-corrected chi connectivity index (χ1v) is 7.04. The van der Waals surface area contributed by atoms with Gasteiger partial charge in [-0.15, -0.1) is 0 Å². The molecule has 1 fully saturated rings. The fraction of sp³-hybridized carbons (Fsp3) is 0.375. The maximum Gasteiger partial charge on any atom is 0.244 e. The Kier molecular flexibility index (Phi) is 5.35. The number of rotatable bonds is 5. The van der Waals surface area contributed by atoms with Crippen molar-refractivity contribution in [1.29, 1.82) is 0 Å². The molecule has 4 heteroatoms. The van der Waals surface area contributed by atoms with Crippen LogP contribution in [0, 0.1) is 0 Å². The molecule has 0 aromatic heterocycles. The molecule has 1 heterocycles. The standard InChI is InChI=1S/C16H20N2O2/c19-15(9-8-14-6-2-1-3-7-14)17-11-10-16(20)18-12-4-5-13-18/h1-3,6-9H,4-5,10-13H2,(H,17,19). The minimum absolute atomic E-state index is 0.134. The number of benzene rings is 1. The summed E-state index contributed by atoms with van der Waals surface area (Å²) in [5.74, 6) is -0.0297. The maximum absolute atomic E-state index is 11.8. The molecule has 1 aromatic carbocycles. The summed E-state index contributed by atoms with van der Waals surface area (Å²) in [5.41, 5.74) is 0.982. The van der Waals surface area contributed by atoms with E-state index in [1.807, 2.05) is 35.2 Å². The molecule has 4 nitrogen and oxygen atoms in total. The lowest BCUT2D eigenvalue weighted by Gasteiger charge is -2.14. The number of carbonyl (C=O) groups excluding carboxylic acids is 2. The van der Waals surface area contributed by atoms with Crippen LogP contribution in [0.4, 0.5) is 0 Å². The molecule has 106 valence electrons. The van der Waals surface area contributed by atoms with E-state index in [9.17, 15) is 9.59 Å². The number of hydrogen-bond donors (Lipinski definition) is 1. The lowest BCUT2D eigenvalue weighted by Crippen LogP contribution is -2.32. The van der Waals surface area contributed by atoms with Crippen LogP contribution in [0.3, 0.4) is 0 Å². The lowest BCUT2D eigenvalue weighted by atomic mass is 10.2. The molecule has 2 amide bonds. The van der Waals surface area contributed by atoms with Crippen LogP contribution in [0.5, 0.6) is 0 Å². The highest BCUT2D eigenvalue weighted by Gasteiger charge is 2.17. The summed E-state index contributed by atoms with van der Waals surface area (Å²) in [6.45, 7) is 2.12. The second-order valence-corrected chi connectivity index (χ2v) is 4.87. The summed E-state index contributed by atoms with van der Waals surface area (Å²) in [5, 5.41) is 2.73. The van der Waals surface area contributed by atoms with Crippen molar-refractivity contribution in [1.82, 2.24) is 10.2 Å². The predicted molar refractivity (Wildman–Crippen MR) is 78.9 cm³/mol. The first-order chi connectivity index (χ1) is 9.75. The Balaban J connectivity index is 1.67. The molecule has 20 heavy (non-hydrogen) atoms. The summed E-state index contributed by atoms with van der Waals surface area (Å²) < 4.78 is 0. The van der Waals surface area contributed by atoms with Gasteiger partial charge < -0.3 is 10.2 Å². The van der Waals surface area contributed by atoms with E-state index < -0.39 is 0 Å². The third-order valence-corrected chi connectivity index (χ3v) is 3.32. The van der Waals surface area contributed by atoms with Crippen LogP contribution in [0.25, 0.3) is 6.08 Å². The molecule has 2 rings (SSSR count). The quantitative estimate of drug-likeness (QED) is 0.831. The molecular weight excluding hydrogens is 252 g/mol. The van der Waals surface area contributed by atoms with Crippen LogP contribution in [0.2, 0.25) is 0 Å². The van der Waals surface area contributed by atoms with Crippen LogP contribution < -0.4 is 5.32 Å². The monoisotopic (exact) mass is 272 g/mol. The van der Waals surface area contributed by atoms with Gasteiger partial charge in [0.2, 0.25) is 11.8 Å². The Morgan fingerprint density at radius 3 is 2.55 bits per heavy atom. The molecule has 0 spiro atoms. The molecule has 0 atom stereocenters. The van der Waals surface area contributed by atoms with Gasteiger partial charge in [0, 0.05) is 32.1 Å². The second kappa shape index (κ2) is 7.48. The normalized spacial score (nSPS) is 14.7. The lowest BCUT2D eigenvalue weighted by molar-refractivity contribution is -0.130. The summed E-state index contributed by atoms with van der Waals surface area (Å²) in [6.07, 6.45) is 5.83. The zero-order chi connectivity index (χ0) is 14.2. The molecule has 0 radical (unpaired) electrons. The fourth-order valence-corrected chi connectivity index (χ4v) is 2.21. The number of likely N-dealkylation sites (tertiary alicyclic amines) is 1. The van der Waals surface area contributed by atoms with Gasteiger partial charge in [-0.2, -0.15) is 0 Å². The van der Waals surface area contributed by atoms with Crippen molar-refractivity contribution >= 4 is 17.9 Å². The highest BCUT2D eigenvalue weighted by molar-refractivity contribution is 5.92. The fourth-order valence-electron chi connectivity index (χ4n) is 2.21. The van der Waals surface area contributed by atoms with Gasteiger partial charge in [0.05, 0.1) is 0 Å². The third kappa shape index (κ3) is 4.53. The Bertz CT molecular complexity index is 477. The van der Waals surface area contributed by atoms with Crippen molar-refractivity contribution in [3.05, 3.63) is 42.0 Å². The van der Waals surface area contributed by atoms with E-state index in [-0.39, 0.29) is 11.8 Å². The van der Waals surface area contributed by atoms with Gasteiger partial charge in [-0.25, -0.2) is 0 Å². The Hall–Kier alpha value is -2.10. The van der Waals surface area contributed by atoms with Gasteiger partial charge in [-0.3, -0.25) is 9.59 Å². The van der Waals surface area contributed by atoms with Crippen molar-refractivity contribution in [2.75, 3.05) is 19.6 Å². The van der Waals surface area contributed by atoms with Crippen LogP contribution >= 0.6 is 0 Å². The summed E-state index contributed by atoms with van der Waals surface area (Å²) in [4.78, 5) is 25.2. The molecule has 1 aliphatic rings. The molecule has 0 aliphatic carbocycles. The SMILES string of the molecule is O=C(C=Cc1ccccc1)NCCC(=O)N1CCCC1. The molecule has 1 saturated heterocycles. The number of nitrogens with one attached hydrogen (secondary N) is 1. The topological polar surface area (TPSA) is 49.4 Å². The van der Waals surface area contributed by atoms with Crippen LogP contribution in [0.1, 0.15) is 24.8 Å². The first-order valence-electron chi connectivity index (χ1n) is 7.04. The molecule has 1 aliphatic heterocycles. The van der Waals surface area contributed by atoms with E-state index >= 15 is 0 Å². The smallest absolute Gasteiger partial charge is 0.244 e. The van der Waals surface area contributed by atoms with Crippen molar-refractivity contribution in [3.8, 4) is 0 Å². The Labute approximate surface area is 119 Å². The maximum atomic E-state index is 11.8. The van der Waals surface area contributed by atoms with Crippen molar-refractivity contribution in [2.45, 2.75) is 19.3 Å². The van der Waals surface area contributed by atoms with Gasteiger partial charge in [0.15, 0.2) is 0 Å². The molecule has 0 saturated carbocycles. The molecule has 1 N–H and O–H groups in total. The summed E-state index contributed by atoms with van der Waals surface area (Å²) >= 11 is 0. The van der Waals surface area contributed by atoms with E-state index in [2.05, 4.69) is 5.32 Å². The number of carbonyl (C=O) groups is 2. The highest BCUT2D eigenvalue weighted by atomic mass is 16.2. The highest BCUT2D eigenvalue weighted by Crippen LogP contribution is 2.08. The van der Waals surface area contributed by atoms with Crippen LogP contribution in [0.15, 0.2) is 36.4 Å². The molecule has 0 bridgehead atoms. The van der Waals surface area contributed by atoms with E-state index in [4.69, 9.17) is 0 Å². The van der Waals surface area contributed by atoms with Gasteiger partial charge in [-0.05, 0) is 24.5 Å². The zero-order valence-corrected chi connectivity index (χ0v) is 11.5. The van der Waals surface area contributed by atoms with E-state index in [0.29, 0.717) is 13.0 Å². The number of hydrogen-bond acceptors (Lipinski definition) is 2. The average molecular weight is 272 g/mol. The van der Waals surface area contributed by atoms with Crippen LogP contribution in [-0.2, 0) is 9.59 Å². The molecule has 1 aromatic rings. The largest absolute Gasteiger partial charge is 0.352 e. The first kappa shape index (κ1) is 14.3. The Morgan fingerprint density at radius 1 is 1.15 bits per heavy atom. The van der Waals surface area contributed by atoms with Gasteiger partial charge in [-0.1, -0.05) is 30.3 Å². The van der Waals surface area contributed by atoms with E-state index in [1.54, 1.807) is 6.08 Å². The van der Waals surface area contributed by atoms with Crippen LogP contribution in [-0.4, -0.2) is 36.3 Å². The second-order valence-electron chi connectivity index (χ2n) is 4.87. The minimum Gasteiger partial charge on any atom is -0.352 e. The molecule has 0 unspecified atom stereocenters. The van der Waals surface area contributed by atoms with Gasteiger partial charge in [0.1, 0.15) is 0 Å². The number of nitrogens with zero attached hydrogens (tertiary/aromatic N) is 1. The molecular formula is C16H20N2O2. The Morgan fingerprint density at radius 2 is 1.85 bits per heavy atom. The minimum atomic E-state index is -0.164. The summed E-state index contributed by atoms with van der Waals surface area (Å²) in [6, 6.07) is 9.64. The van der Waals surface area contributed by atoms with Gasteiger partial charge in [0.25, 0.3) is 0 Å². The zero-order valence-electron chi connectivity index (χ0n) is 11.5. The van der Waals surface area contributed by atoms with Crippen molar-refractivity contribution < 1.29 is 9.59 Å². The van der Waals surface area contributed by atoms with Gasteiger partial charge >= 0.3 is 0 Å².